The van der Waals surface area contributed by atoms with Gasteiger partial charge in [0.1, 0.15) is 6.04 Å². The summed E-state index contributed by atoms with van der Waals surface area (Å²) in [4.78, 5) is 71.5. The summed E-state index contributed by atoms with van der Waals surface area (Å²) in [6.45, 7) is 6.20. The van der Waals surface area contributed by atoms with Crippen molar-refractivity contribution in [3.05, 3.63) is 12.2 Å². The summed E-state index contributed by atoms with van der Waals surface area (Å²) in [5.41, 5.74) is -0.853. The number of hydrogen-bond acceptors (Lipinski definition) is 12. The lowest BCUT2D eigenvalue weighted by molar-refractivity contribution is -0.143. The van der Waals surface area contributed by atoms with Gasteiger partial charge in [-0.05, 0) is 19.9 Å². The summed E-state index contributed by atoms with van der Waals surface area (Å²) in [5, 5.41) is 7.19. The molecule has 14 nitrogen and oxygen atoms in total. The molecule has 16 heteroatoms. The molecule has 0 aliphatic carbocycles. The molecule has 0 spiro atoms. The summed E-state index contributed by atoms with van der Waals surface area (Å²) in [5.74, 6) is -3.68. The van der Waals surface area contributed by atoms with Crippen LogP contribution in [0, 0.1) is 11.3 Å². The van der Waals surface area contributed by atoms with Crippen molar-refractivity contribution < 1.29 is 51.9 Å². The van der Waals surface area contributed by atoms with Gasteiger partial charge in [-0.25, -0.2) is 14.4 Å². The highest BCUT2D eigenvalue weighted by atomic mass is 32.2. The second kappa shape index (κ2) is 15.9. The van der Waals surface area contributed by atoms with E-state index in [2.05, 4.69) is 25.2 Å². The van der Waals surface area contributed by atoms with Gasteiger partial charge in [0.05, 0.1) is 26.7 Å². The van der Waals surface area contributed by atoms with Gasteiger partial charge in [0.15, 0.2) is 17.0 Å². The number of carbonyl (C=O) groups excluding carboxylic acids is 6. The number of hydrogen-bond donors (Lipinski definition) is 3. The molecule has 1 saturated heterocycles. The molecule has 39 heavy (non-hydrogen) atoms. The van der Waals surface area contributed by atoms with Crippen LogP contribution in [-0.4, -0.2) is 86.5 Å². The van der Waals surface area contributed by atoms with Crippen LogP contribution in [0.15, 0.2) is 12.2 Å². The highest BCUT2D eigenvalue weighted by Crippen LogP contribution is 2.53. The molecule has 0 radical (unpaired) electrons. The van der Waals surface area contributed by atoms with Gasteiger partial charge in [0, 0.05) is 36.8 Å². The maximum Gasteiger partial charge on any atom is 0.407 e. The summed E-state index contributed by atoms with van der Waals surface area (Å²) in [6, 6.07) is -1.00. The predicted molar refractivity (Wildman–Crippen MR) is 140 cm³/mol. The fraction of sp³-hybridized carbons (Fsp3) is 0.652. The number of allylic oxidation sites excluding steroid dienone is 1. The van der Waals surface area contributed by atoms with E-state index in [4.69, 9.17) is 9.05 Å². The standard InChI is InChI=1S/C23H36N3O11PS/c1-14(16(27)7-8-18(29)34-5)22(32)39-12-11-24-17(28)9-10-25-20(30)19-23(3,4)13-36-38(33,37-19)26-15(2)21(31)35-6/h7-8,14-15,19H,9-13H2,1-6H3,(H,24,28)(H,25,30)(H,26,33)/b8-7+/t14?,15-,19-,38?/m0/s1. The SMILES string of the molecule is COC(=O)/C=C/C(=O)C(C)C(=O)SCCNC(=O)CCNC(=O)[C@@H]1OP(=O)(N[C@@H](C)C(=O)OC)OCC1(C)C. The number of ether oxygens (including phenoxy) is 2. The Labute approximate surface area is 231 Å². The number of carbonyl (C=O) groups is 6. The van der Waals surface area contributed by atoms with Crippen LogP contribution in [0.4, 0.5) is 0 Å². The summed E-state index contributed by atoms with van der Waals surface area (Å²) in [6.07, 6.45) is 0.658. The van der Waals surface area contributed by atoms with Gasteiger partial charge in [-0.2, -0.15) is 0 Å². The quantitative estimate of drug-likeness (QED) is 0.0830. The topological polar surface area (TPSA) is 192 Å². The Morgan fingerprint density at radius 1 is 1.05 bits per heavy atom. The summed E-state index contributed by atoms with van der Waals surface area (Å²) >= 11 is 0.865. The molecule has 1 rings (SSSR count). The van der Waals surface area contributed by atoms with Crippen molar-refractivity contribution in [2.45, 2.75) is 46.3 Å². The first kappa shape index (κ1) is 34.4. The first-order chi connectivity index (χ1) is 18.2. The van der Waals surface area contributed by atoms with Gasteiger partial charge in [0.25, 0.3) is 0 Å². The molecule has 0 aromatic heterocycles. The molecule has 3 N–H and O–H groups in total. The van der Waals surface area contributed by atoms with E-state index in [1.807, 2.05) is 0 Å². The minimum atomic E-state index is -3.99. The third-order valence-electron chi connectivity index (χ3n) is 5.39. The van der Waals surface area contributed by atoms with E-state index in [-0.39, 0.29) is 37.8 Å². The molecular formula is C23H36N3O11PS. The molecule has 0 aromatic rings. The zero-order valence-electron chi connectivity index (χ0n) is 22.8. The highest BCUT2D eigenvalue weighted by molar-refractivity contribution is 8.13. The second-order valence-electron chi connectivity index (χ2n) is 9.16. The molecule has 0 saturated carbocycles. The van der Waals surface area contributed by atoms with Crippen molar-refractivity contribution in [3.8, 4) is 0 Å². The number of thioether (sulfide) groups is 1. The maximum absolute atomic E-state index is 12.9. The van der Waals surface area contributed by atoms with Gasteiger partial charge in [0.2, 0.25) is 11.8 Å². The molecule has 1 heterocycles. The van der Waals surface area contributed by atoms with Crippen LogP contribution < -0.4 is 15.7 Å². The maximum atomic E-state index is 12.9. The Kier molecular flexibility index (Phi) is 14.0. The number of amides is 2. The zero-order chi connectivity index (χ0) is 29.8. The lowest BCUT2D eigenvalue weighted by Crippen LogP contribution is -2.51. The van der Waals surface area contributed by atoms with Gasteiger partial charge in [-0.3, -0.25) is 33.0 Å². The van der Waals surface area contributed by atoms with Crippen LogP contribution in [0.1, 0.15) is 34.1 Å². The monoisotopic (exact) mass is 593 g/mol. The lowest BCUT2D eigenvalue weighted by atomic mass is 9.87. The zero-order valence-corrected chi connectivity index (χ0v) is 24.5. The van der Waals surface area contributed by atoms with Crippen LogP contribution in [0.5, 0.6) is 0 Å². The largest absolute Gasteiger partial charge is 0.468 e. The Balaban J connectivity index is 2.44. The van der Waals surface area contributed by atoms with Crippen LogP contribution in [0.2, 0.25) is 0 Å². The van der Waals surface area contributed by atoms with Crippen LogP contribution in [0.25, 0.3) is 0 Å². The van der Waals surface area contributed by atoms with Crippen molar-refractivity contribution in [1.29, 1.82) is 0 Å². The number of rotatable bonds is 14. The molecular weight excluding hydrogens is 557 g/mol. The molecule has 1 fully saturated rings. The van der Waals surface area contributed by atoms with E-state index >= 15 is 0 Å². The van der Waals surface area contributed by atoms with E-state index in [1.54, 1.807) is 13.8 Å². The van der Waals surface area contributed by atoms with Gasteiger partial charge >= 0.3 is 19.7 Å². The van der Waals surface area contributed by atoms with E-state index in [9.17, 15) is 33.3 Å². The van der Waals surface area contributed by atoms with Gasteiger partial charge in [-0.1, -0.05) is 25.6 Å². The molecule has 0 bridgehead atoms. The molecule has 2 unspecified atom stereocenters. The number of methoxy groups -OCH3 is 2. The highest BCUT2D eigenvalue weighted by Gasteiger charge is 2.48. The molecule has 4 atom stereocenters. The Bertz CT molecular complexity index is 1020. The lowest BCUT2D eigenvalue weighted by Gasteiger charge is -2.40. The Morgan fingerprint density at radius 2 is 1.72 bits per heavy atom. The fourth-order valence-corrected chi connectivity index (χ4v) is 5.71. The Hall–Kier alpha value is -2.58. The number of ketones is 1. The first-order valence-electron chi connectivity index (χ1n) is 11.9. The van der Waals surface area contributed by atoms with Crippen molar-refractivity contribution in [1.82, 2.24) is 15.7 Å². The fourth-order valence-electron chi connectivity index (χ4n) is 3.00. The number of nitrogens with one attached hydrogen (secondary N) is 3. The van der Waals surface area contributed by atoms with Crippen molar-refractivity contribution in [3.63, 3.8) is 0 Å². The number of esters is 2. The van der Waals surface area contributed by atoms with E-state index < -0.39 is 60.0 Å². The van der Waals surface area contributed by atoms with Crippen molar-refractivity contribution in [2.24, 2.45) is 11.3 Å². The van der Waals surface area contributed by atoms with Gasteiger partial charge < -0.3 is 20.1 Å². The van der Waals surface area contributed by atoms with E-state index in [0.717, 1.165) is 23.9 Å². The normalized spacial score (nSPS) is 21.8. The first-order valence-corrected chi connectivity index (χ1v) is 14.5. The smallest absolute Gasteiger partial charge is 0.407 e. The second-order valence-corrected chi connectivity index (χ2v) is 12.0. The van der Waals surface area contributed by atoms with E-state index in [1.165, 1.54) is 28.1 Å². The third-order valence-corrected chi connectivity index (χ3v) is 8.10. The van der Waals surface area contributed by atoms with E-state index in [0.29, 0.717) is 0 Å². The third kappa shape index (κ3) is 11.6. The minimum Gasteiger partial charge on any atom is -0.468 e. The average Bonchev–Trinajstić information content (AvgIpc) is 2.89. The minimum absolute atomic E-state index is 0.0398. The van der Waals surface area contributed by atoms with Crippen molar-refractivity contribution in [2.75, 3.05) is 39.7 Å². The van der Waals surface area contributed by atoms with Crippen LogP contribution in [-0.2, 0) is 51.9 Å². The Morgan fingerprint density at radius 3 is 2.33 bits per heavy atom. The van der Waals surface area contributed by atoms with Crippen LogP contribution in [0.3, 0.4) is 0 Å². The van der Waals surface area contributed by atoms with Gasteiger partial charge in [-0.15, -0.1) is 0 Å². The summed E-state index contributed by atoms with van der Waals surface area (Å²) < 4.78 is 32.6. The van der Waals surface area contributed by atoms with Crippen molar-refractivity contribution >= 4 is 54.2 Å². The molecule has 1 aliphatic rings. The summed E-state index contributed by atoms with van der Waals surface area (Å²) in [7, 11) is -1.66. The molecule has 2 amide bonds. The molecule has 0 aromatic carbocycles. The predicted octanol–water partition coefficient (Wildman–Crippen LogP) is 0.504. The molecule has 220 valence electrons. The average molecular weight is 594 g/mol. The van der Waals surface area contributed by atoms with Crippen LogP contribution >= 0.6 is 19.5 Å². The molecule has 1 aliphatic heterocycles.